The summed E-state index contributed by atoms with van der Waals surface area (Å²) in [6.45, 7) is 0. The molecule has 13 rings (SSSR count). The van der Waals surface area contributed by atoms with Gasteiger partial charge in [0.15, 0.2) is 0 Å². The Labute approximate surface area is 354 Å². The van der Waals surface area contributed by atoms with Gasteiger partial charge in [-0.2, -0.15) is 0 Å². The van der Waals surface area contributed by atoms with Crippen molar-refractivity contribution in [3.63, 3.8) is 0 Å². The van der Waals surface area contributed by atoms with Crippen LogP contribution in [0, 0.1) is 0 Å². The molecule has 0 bridgehead atoms. The fourth-order valence-corrected chi connectivity index (χ4v) is 10.8. The molecule has 0 radical (unpaired) electrons. The van der Waals surface area contributed by atoms with Crippen molar-refractivity contribution in [1.82, 2.24) is 9.97 Å². The molecular weight excluding hydrogens is 743 g/mol. The first-order valence-corrected chi connectivity index (χ1v) is 21.0. The number of pyridine rings is 2. The lowest BCUT2D eigenvalue weighted by Gasteiger charge is -2.41. The molecule has 1 atom stereocenters. The Kier molecular flexibility index (Phi) is 7.17. The van der Waals surface area contributed by atoms with Crippen LogP contribution < -0.4 is 9.64 Å². The minimum Gasteiger partial charge on any atom is -0.457 e. The summed E-state index contributed by atoms with van der Waals surface area (Å²) in [7, 11) is 2.26. The van der Waals surface area contributed by atoms with Crippen molar-refractivity contribution < 1.29 is 4.74 Å². The summed E-state index contributed by atoms with van der Waals surface area (Å²) in [6.07, 6.45) is 0. The summed E-state index contributed by atoms with van der Waals surface area (Å²) in [5.41, 5.74) is 19.0. The van der Waals surface area contributed by atoms with Gasteiger partial charge in [0.1, 0.15) is 11.5 Å². The van der Waals surface area contributed by atoms with Gasteiger partial charge in [-0.1, -0.05) is 170 Å². The first kappa shape index (κ1) is 34.1. The van der Waals surface area contributed by atoms with Crippen LogP contribution in [0.3, 0.4) is 0 Å². The van der Waals surface area contributed by atoms with E-state index in [1.54, 1.807) is 0 Å². The van der Waals surface area contributed by atoms with Crippen LogP contribution in [-0.2, 0) is 5.41 Å². The Bertz CT molecular complexity index is 3390. The van der Waals surface area contributed by atoms with Gasteiger partial charge >= 0.3 is 0 Å². The van der Waals surface area contributed by atoms with Crippen molar-refractivity contribution in [2.75, 3.05) is 11.9 Å². The number of benzene rings is 8. The average Bonchev–Trinajstić information content (AvgIpc) is 3.62. The molecule has 3 aliphatic rings. The molecule has 0 saturated heterocycles. The Morgan fingerprint density at radius 3 is 1.70 bits per heavy atom. The van der Waals surface area contributed by atoms with E-state index in [4.69, 9.17) is 14.7 Å². The van der Waals surface area contributed by atoms with Gasteiger partial charge in [-0.25, -0.2) is 9.97 Å². The molecule has 10 aromatic rings. The number of hydrogen-bond acceptors (Lipinski definition) is 4. The van der Waals surface area contributed by atoms with E-state index in [9.17, 15) is 0 Å². The van der Waals surface area contributed by atoms with E-state index in [0.29, 0.717) is 0 Å². The number of ether oxygens (including phenoxy) is 1. The zero-order valence-electron chi connectivity index (χ0n) is 33.4. The topological polar surface area (TPSA) is 38.2 Å². The van der Waals surface area contributed by atoms with Gasteiger partial charge in [0.25, 0.3) is 0 Å². The smallest absolute Gasteiger partial charge is 0.132 e. The Balaban J connectivity index is 1.03. The minimum absolute atomic E-state index is 0.0588. The van der Waals surface area contributed by atoms with E-state index >= 15 is 0 Å². The number of aromatic nitrogens is 2. The van der Waals surface area contributed by atoms with Crippen LogP contribution in [0.4, 0.5) is 5.69 Å². The van der Waals surface area contributed by atoms with Crippen molar-refractivity contribution in [3.8, 4) is 56.3 Å². The summed E-state index contributed by atoms with van der Waals surface area (Å²) in [5.74, 6) is 1.80. The molecule has 0 fully saturated rings. The molecule has 0 amide bonds. The van der Waals surface area contributed by atoms with Crippen LogP contribution in [0.1, 0.15) is 39.4 Å². The first-order chi connectivity index (χ1) is 30.2. The van der Waals surface area contributed by atoms with Gasteiger partial charge in [0, 0.05) is 51.3 Å². The largest absolute Gasteiger partial charge is 0.457 e. The second-order valence-electron chi connectivity index (χ2n) is 16.5. The molecule has 0 saturated carbocycles. The SMILES string of the molecule is CN1c2cc(-c3ccc4ccc5ccc(-c6ccccc6)nc5c4n3)ccc2-c2ccc3c(c2C1c1ccccc1)-c1ccccc1C31c2ccccc2Oc2ccccc21. The number of anilines is 1. The van der Waals surface area contributed by atoms with Crippen LogP contribution >= 0.6 is 0 Å². The van der Waals surface area contributed by atoms with Crippen molar-refractivity contribution >= 4 is 27.5 Å². The summed E-state index contributed by atoms with van der Waals surface area (Å²) in [6, 6.07) is 72.1. The number of hydrogen-bond donors (Lipinski definition) is 0. The maximum atomic E-state index is 6.66. The molecule has 4 heteroatoms. The van der Waals surface area contributed by atoms with Gasteiger partial charge < -0.3 is 9.64 Å². The monoisotopic (exact) mass is 779 g/mol. The lowest BCUT2D eigenvalue weighted by Crippen LogP contribution is -2.33. The highest BCUT2D eigenvalue weighted by Gasteiger charge is 2.52. The maximum Gasteiger partial charge on any atom is 0.132 e. The highest BCUT2D eigenvalue weighted by atomic mass is 16.5. The standard InChI is InChI=1S/C57H37N3O/c1-60-49-34-39(48-33-28-37-25-24-36-27-32-47(35-14-4-2-5-15-35)58-54(36)55(37)59-48)26-29-40(49)41-30-31-46-52(53(41)56(60)38-16-6-3-7-17-38)42-18-8-9-19-43(42)57(46)44-20-10-12-22-50(44)61-51-23-13-11-21-45(51)57/h2-34,56H,1H3. The van der Waals surface area contributed by atoms with Gasteiger partial charge in [-0.15, -0.1) is 0 Å². The molecule has 61 heavy (non-hydrogen) atoms. The highest BCUT2D eigenvalue weighted by Crippen LogP contribution is 2.65. The first-order valence-electron chi connectivity index (χ1n) is 21.0. The number of rotatable bonds is 3. The minimum atomic E-state index is -0.543. The molecule has 2 aromatic heterocycles. The Morgan fingerprint density at radius 2 is 1.02 bits per heavy atom. The van der Waals surface area contributed by atoms with Crippen molar-refractivity contribution in [1.29, 1.82) is 0 Å². The molecule has 1 unspecified atom stereocenters. The van der Waals surface area contributed by atoms with Gasteiger partial charge in [-0.3, -0.25) is 0 Å². The molecule has 0 N–H and O–H groups in total. The lowest BCUT2D eigenvalue weighted by atomic mass is 9.65. The van der Waals surface area contributed by atoms with Crippen molar-refractivity contribution in [3.05, 3.63) is 234 Å². The normalized spacial score (nSPS) is 15.0. The third-order valence-corrected chi connectivity index (χ3v) is 13.4. The van der Waals surface area contributed by atoms with Crippen LogP contribution in [0.5, 0.6) is 11.5 Å². The van der Waals surface area contributed by atoms with E-state index in [-0.39, 0.29) is 6.04 Å². The van der Waals surface area contributed by atoms with Crippen LogP contribution in [-0.4, -0.2) is 17.0 Å². The third kappa shape index (κ3) is 4.76. The Morgan fingerprint density at radius 1 is 0.459 bits per heavy atom. The Hall–Kier alpha value is -7.82. The summed E-state index contributed by atoms with van der Waals surface area (Å²) >= 11 is 0. The van der Waals surface area contributed by atoms with Gasteiger partial charge in [0.05, 0.1) is 33.9 Å². The zero-order chi connectivity index (χ0) is 40.2. The molecular formula is C57H37N3O. The average molecular weight is 780 g/mol. The molecule has 286 valence electrons. The van der Waals surface area contributed by atoms with Crippen LogP contribution in [0.2, 0.25) is 0 Å². The molecule has 1 spiro atoms. The van der Waals surface area contributed by atoms with Crippen molar-refractivity contribution in [2.45, 2.75) is 11.5 Å². The van der Waals surface area contributed by atoms with E-state index in [2.05, 4.69) is 206 Å². The second-order valence-corrected chi connectivity index (χ2v) is 16.5. The molecule has 4 nitrogen and oxygen atoms in total. The molecule has 8 aromatic carbocycles. The predicted molar refractivity (Wildman–Crippen MR) is 247 cm³/mol. The molecule has 2 aliphatic heterocycles. The fraction of sp³-hybridized carbons (Fsp3) is 0.0526. The number of nitrogens with zero attached hydrogens (tertiary/aromatic N) is 3. The number of fused-ring (bicyclic) bond motifs is 16. The van der Waals surface area contributed by atoms with Gasteiger partial charge in [-0.05, 0) is 69.3 Å². The van der Waals surface area contributed by atoms with E-state index in [1.807, 2.05) is 6.07 Å². The summed E-state index contributed by atoms with van der Waals surface area (Å²) in [4.78, 5) is 13.0. The van der Waals surface area contributed by atoms with Crippen LogP contribution in [0.15, 0.2) is 200 Å². The van der Waals surface area contributed by atoms with Gasteiger partial charge in [0.2, 0.25) is 0 Å². The van der Waals surface area contributed by atoms with E-state index in [1.165, 1.54) is 61.3 Å². The second kappa shape index (κ2) is 12.8. The number of para-hydroxylation sites is 2. The molecule has 1 aliphatic carbocycles. The summed E-state index contributed by atoms with van der Waals surface area (Å²) in [5, 5.41) is 2.15. The third-order valence-electron chi connectivity index (χ3n) is 13.4. The zero-order valence-corrected chi connectivity index (χ0v) is 33.4. The highest BCUT2D eigenvalue weighted by molar-refractivity contribution is 6.04. The quantitative estimate of drug-likeness (QED) is 0.167. The van der Waals surface area contributed by atoms with E-state index < -0.39 is 5.41 Å². The maximum absolute atomic E-state index is 6.66. The lowest BCUT2D eigenvalue weighted by molar-refractivity contribution is 0.436. The summed E-state index contributed by atoms with van der Waals surface area (Å²) < 4.78 is 6.66. The molecule has 4 heterocycles. The fourth-order valence-electron chi connectivity index (χ4n) is 10.8. The van der Waals surface area contributed by atoms with Crippen LogP contribution in [0.25, 0.3) is 66.6 Å². The van der Waals surface area contributed by atoms with Crippen molar-refractivity contribution in [2.24, 2.45) is 0 Å². The predicted octanol–water partition coefficient (Wildman–Crippen LogP) is 13.8. The van der Waals surface area contributed by atoms with E-state index in [0.717, 1.165) is 55.8 Å².